The number of nitriles is 1. The normalized spacial score (nSPS) is 18.3. The number of aliphatic hydroxyl groups is 1. The number of β-amino-alcohol motifs (C(OH)–C–C–N with tert-alkyl or cyclic N) is 1. The molecule has 0 unspecified atom stereocenters. The highest BCUT2D eigenvalue weighted by Crippen LogP contribution is 2.36. The van der Waals surface area contributed by atoms with E-state index in [4.69, 9.17) is 0 Å². The minimum Gasteiger partial charge on any atom is -0.387 e. The second kappa shape index (κ2) is 7.19. The summed E-state index contributed by atoms with van der Waals surface area (Å²) in [7, 11) is 0. The molecule has 2 heterocycles. The lowest BCUT2D eigenvalue weighted by Crippen LogP contribution is -2.43. The number of H-pyrrole nitrogens is 1. The van der Waals surface area contributed by atoms with Gasteiger partial charge < -0.3 is 15.0 Å². The monoisotopic (exact) mass is 359 g/mol. The van der Waals surface area contributed by atoms with Crippen LogP contribution >= 0.6 is 0 Å². The van der Waals surface area contributed by atoms with Crippen LogP contribution in [-0.2, 0) is 5.41 Å². The van der Waals surface area contributed by atoms with Crippen LogP contribution in [0, 0.1) is 18.3 Å². The molecule has 1 fully saturated rings. The molecule has 2 aromatic carbocycles. The number of aliphatic hydroxyl groups excluding tert-OH is 1. The highest BCUT2D eigenvalue weighted by atomic mass is 16.3. The molecule has 0 bridgehead atoms. The number of nitrogens with zero attached hydrogens (tertiary/aromatic N) is 2. The summed E-state index contributed by atoms with van der Waals surface area (Å²) in [6.45, 7) is 4.26. The summed E-state index contributed by atoms with van der Waals surface area (Å²) < 4.78 is 0. The lowest BCUT2D eigenvalue weighted by atomic mass is 9.74. The zero-order valence-corrected chi connectivity index (χ0v) is 15.7. The third-order valence-electron chi connectivity index (χ3n) is 5.96. The van der Waals surface area contributed by atoms with Crippen LogP contribution in [0.5, 0.6) is 0 Å². The van der Waals surface area contributed by atoms with Crippen molar-refractivity contribution in [1.82, 2.24) is 9.88 Å². The Balaban J connectivity index is 1.48. The number of aryl methyl sites for hydroxylation is 1. The lowest BCUT2D eigenvalue weighted by Gasteiger charge is -2.38. The van der Waals surface area contributed by atoms with E-state index in [-0.39, 0.29) is 0 Å². The molecule has 1 atom stereocenters. The molecule has 2 N–H and O–H groups in total. The average molecular weight is 359 g/mol. The van der Waals surface area contributed by atoms with E-state index >= 15 is 0 Å². The Morgan fingerprint density at radius 1 is 1.11 bits per heavy atom. The molecule has 0 radical (unpaired) electrons. The van der Waals surface area contributed by atoms with E-state index in [0.29, 0.717) is 6.54 Å². The zero-order chi connectivity index (χ0) is 18.9. The van der Waals surface area contributed by atoms with Crippen molar-refractivity contribution in [3.8, 4) is 6.07 Å². The van der Waals surface area contributed by atoms with E-state index in [1.165, 1.54) is 0 Å². The van der Waals surface area contributed by atoms with Crippen LogP contribution in [0.15, 0.2) is 54.6 Å². The fourth-order valence-corrected chi connectivity index (χ4v) is 4.40. The fourth-order valence-electron chi connectivity index (χ4n) is 4.40. The predicted molar refractivity (Wildman–Crippen MR) is 107 cm³/mol. The largest absolute Gasteiger partial charge is 0.387 e. The molecule has 4 nitrogen and oxygen atoms in total. The molecule has 4 heteroatoms. The molecular weight excluding hydrogens is 334 g/mol. The molecule has 138 valence electrons. The quantitative estimate of drug-likeness (QED) is 0.738. The van der Waals surface area contributed by atoms with E-state index in [0.717, 1.165) is 53.7 Å². The van der Waals surface area contributed by atoms with Gasteiger partial charge in [-0.2, -0.15) is 5.26 Å². The number of nitrogens with one attached hydrogen (secondary N) is 1. The van der Waals surface area contributed by atoms with E-state index in [1.807, 2.05) is 43.3 Å². The minimum absolute atomic E-state index is 0.403. The first-order valence-corrected chi connectivity index (χ1v) is 9.57. The van der Waals surface area contributed by atoms with Crippen LogP contribution in [-0.4, -0.2) is 34.6 Å². The van der Waals surface area contributed by atoms with E-state index < -0.39 is 11.5 Å². The predicted octanol–water partition coefficient (Wildman–Crippen LogP) is 4.07. The molecule has 27 heavy (non-hydrogen) atoms. The summed E-state index contributed by atoms with van der Waals surface area (Å²) in [5.41, 5.74) is 3.79. The molecule has 4 rings (SSSR count). The number of piperidine rings is 1. The van der Waals surface area contributed by atoms with Gasteiger partial charge in [-0.1, -0.05) is 48.5 Å². The maximum absolute atomic E-state index is 10.9. The first-order valence-electron chi connectivity index (χ1n) is 9.57. The van der Waals surface area contributed by atoms with Gasteiger partial charge in [-0.05, 0) is 31.4 Å². The first-order chi connectivity index (χ1) is 13.1. The Labute approximate surface area is 160 Å². The number of benzene rings is 2. The molecule has 3 aromatic rings. The summed E-state index contributed by atoms with van der Waals surface area (Å²) in [5.74, 6) is 0. The standard InChI is InChI=1S/C23H25N3O/c1-17-22(19-9-5-6-10-20(19)25-17)21(27)15-26-13-11-23(16-24,12-14-26)18-7-3-2-4-8-18/h2-10,21,25,27H,11-15H2,1H3/t21-/m1/s1. The molecule has 1 aromatic heterocycles. The van der Waals surface area contributed by atoms with E-state index in [2.05, 4.69) is 34.2 Å². The zero-order valence-electron chi connectivity index (χ0n) is 15.7. The third-order valence-corrected chi connectivity index (χ3v) is 5.96. The number of hydrogen-bond donors (Lipinski definition) is 2. The van der Waals surface area contributed by atoms with Gasteiger partial charge in [0.2, 0.25) is 0 Å². The van der Waals surface area contributed by atoms with Crippen LogP contribution < -0.4 is 0 Å². The van der Waals surface area contributed by atoms with Gasteiger partial charge in [0.05, 0.1) is 17.6 Å². The summed E-state index contributed by atoms with van der Waals surface area (Å²) in [5, 5.41) is 21.9. The summed E-state index contributed by atoms with van der Waals surface area (Å²) in [4.78, 5) is 5.65. The molecule has 1 aliphatic rings. The first kappa shape index (κ1) is 17.8. The highest BCUT2D eigenvalue weighted by Gasteiger charge is 2.36. The van der Waals surface area contributed by atoms with Crippen molar-refractivity contribution in [2.24, 2.45) is 0 Å². The van der Waals surface area contributed by atoms with Gasteiger partial charge in [0.15, 0.2) is 0 Å². The average Bonchev–Trinajstić information content (AvgIpc) is 3.05. The van der Waals surface area contributed by atoms with Crippen molar-refractivity contribution in [2.45, 2.75) is 31.3 Å². The Morgan fingerprint density at radius 3 is 2.48 bits per heavy atom. The highest BCUT2D eigenvalue weighted by molar-refractivity contribution is 5.84. The molecule has 0 amide bonds. The SMILES string of the molecule is Cc1[nH]c2ccccc2c1[C@H](O)CN1CCC(C#N)(c2ccccc2)CC1. The van der Waals surface area contributed by atoms with E-state index in [1.54, 1.807) is 0 Å². The molecule has 0 aliphatic carbocycles. The number of hydrogen-bond acceptors (Lipinski definition) is 3. The van der Waals surface area contributed by atoms with E-state index in [9.17, 15) is 10.4 Å². The second-order valence-corrected chi connectivity index (χ2v) is 7.59. The van der Waals surface area contributed by atoms with Gasteiger partial charge in [0.1, 0.15) is 0 Å². The number of likely N-dealkylation sites (tertiary alicyclic amines) is 1. The number of aromatic nitrogens is 1. The fraction of sp³-hybridized carbons (Fsp3) is 0.348. The van der Waals surface area contributed by atoms with Crippen molar-refractivity contribution in [1.29, 1.82) is 5.26 Å². The van der Waals surface area contributed by atoms with Crippen molar-refractivity contribution in [2.75, 3.05) is 19.6 Å². The van der Waals surface area contributed by atoms with Crippen LogP contribution in [0.1, 0.15) is 35.8 Å². The summed E-state index contributed by atoms with van der Waals surface area (Å²) >= 11 is 0. The second-order valence-electron chi connectivity index (χ2n) is 7.59. The van der Waals surface area contributed by atoms with Gasteiger partial charge in [0.25, 0.3) is 0 Å². The molecule has 1 saturated heterocycles. The van der Waals surface area contributed by atoms with Crippen LogP contribution in [0.3, 0.4) is 0 Å². The topological polar surface area (TPSA) is 63.0 Å². The van der Waals surface area contributed by atoms with Crippen molar-refractivity contribution < 1.29 is 5.11 Å². The number of para-hydroxylation sites is 1. The van der Waals surface area contributed by atoms with Crippen molar-refractivity contribution >= 4 is 10.9 Å². The number of fused-ring (bicyclic) bond motifs is 1. The van der Waals surface area contributed by atoms with Gasteiger partial charge in [-0.15, -0.1) is 0 Å². The number of rotatable bonds is 4. The molecule has 0 saturated carbocycles. The van der Waals surface area contributed by atoms with Gasteiger partial charge >= 0.3 is 0 Å². The van der Waals surface area contributed by atoms with Gasteiger partial charge in [0, 0.05) is 41.8 Å². The molecule has 0 spiro atoms. The third kappa shape index (κ3) is 3.25. The Kier molecular flexibility index (Phi) is 4.73. The van der Waals surface area contributed by atoms with Crippen LogP contribution in [0.2, 0.25) is 0 Å². The molecular formula is C23H25N3O. The maximum Gasteiger partial charge on any atom is 0.0940 e. The van der Waals surface area contributed by atoms with Crippen LogP contribution in [0.4, 0.5) is 0 Å². The van der Waals surface area contributed by atoms with Gasteiger partial charge in [-0.25, -0.2) is 0 Å². The summed E-state index contributed by atoms with van der Waals surface area (Å²) in [6, 6.07) is 20.8. The lowest BCUT2D eigenvalue weighted by molar-refractivity contribution is 0.0903. The minimum atomic E-state index is -0.535. The van der Waals surface area contributed by atoms with Crippen molar-refractivity contribution in [3.05, 3.63) is 71.4 Å². The van der Waals surface area contributed by atoms with Gasteiger partial charge in [-0.3, -0.25) is 0 Å². The Hall–Kier alpha value is -2.61. The maximum atomic E-state index is 10.9. The number of aromatic amines is 1. The Bertz CT molecular complexity index is 962. The van der Waals surface area contributed by atoms with Crippen LogP contribution in [0.25, 0.3) is 10.9 Å². The van der Waals surface area contributed by atoms with Crippen molar-refractivity contribution in [3.63, 3.8) is 0 Å². The summed E-state index contributed by atoms with van der Waals surface area (Å²) in [6.07, 6.45) is 1.06. The smallest absolute Gasteiger partial charge is 0.0940 e. The Morgan fingerprint density at radius 2 is 1.78 bits per heavy atom. The molecule has 1 aliphatic heterocycles.